The van der Waals surface area contributed by atoms with Crippen LogP contribution < -0.4 is 10.0 Å². The van der Waals surface area contributed by atoms with E-state index in [0.717, 1.165) is 30.5 Å². The van der Waals surface area contributed by atoms with Gasteiger partial charge in [-0.3, -0.25) is 4.79 Å². The first-order valence-electron chi connectivity index (χ1n) is 8.47. The molecule has 0 saturated heterocycles. The molecule has 0 spiro atoms. The molecule has 26 heavy (non-hydrogen) atoms. The number of hydrogen-bond donors (Lipinski definition) is 2. The van der Waals surface area contributed by atoms with E-state index in [0.29, 0.717) is 0 Å². The van der Waals surface area contributed by atoms with E-state index in [4.69, 9.17) is 0 Å². The summed E-state index contributed by atoms with van der Waals surface area (Å²) in [5.74, 6) is -1.33. The molecule has 0 aliphatic heterocycles. The molecule has 0 fully saturated rings. The van der Waals surface area contributed by atoms with Crippen LogP contribution in [0.4, 0.5) is 4.39 Å². The standard InChI is InChI=1S/C19H23FN2O3S/c1-3-9-17(15-10-5-4-6-11-15)21-19(23)14(2)22-26(24,25)18-13-8-7-12-16(18)20/h4-8,10-14,17,22H,3,9H2,1-2H3,(H,21,23)/t14-,17+/m0/s1. The first kappa shape index (κ1) is 20.1. The van der Waals surface area contributed by atoms with Gasteiger partial charge in [-0.1, -0.05) is 55.8 Å². The van der Waals surface area contributed by atoms with Gasteiger partial charge in [0.25, 0.3) is 0 Å². The number of hydrogen-bond acceptors (Lipinski definition) is 3. The first-order valence-corrected chi connectivity index (χ1v) is 9.95. The molecule has 7 heteroatoms. The topological polar surface area (TPSA) is 75.3 Å². The van der Waals surface area contributed by atoms with Crippen LogP contribution in [0.15, 0.2) is 59.5 Å². The van der Waals surface area contributed by atoms with Crippen molar-refractivity contribution in [3.05, 3.63) is 66.0 Å². The molecule has 1 amide bonds. The summed E-state index contributed by atoms with van der Waals surface area (Å²) in [6.07, 6.45) is 1.58. The van der Waals surface area contributed by atoms with E-state index in [1.807, 2.05) is 37.3 Å². The molecule has 0 bridgehead atoms. The van der Waals surface area contributed by atoms with E-state index in [1.54, 1.807) is 0 Å². The predicted molar refractivity (Wildman–Crippen MR) is 98.4 cm³/mol. The molecule has 0 heterocycles. The van der Waals surface area contributed by atoms with E-state index in [-0.39, 0.29) is 6.04 Å². The molecule has 0 aliphatic rings. The second kappa shape index (κ2) is 8.91. The summed E-state index contributed by atoms with van der Waals surface area (Å²) in [7, 11) is -4.13. The van der Waals surface area contributed by atoms with Crippen molar-refractivity contribution in [2.45, 2.75) is 43.7 Å². The minimum Gasteiger partial charge on any atom is -0.348 e. The van der Waals surface area contributed by atoms with Gasteiger partial charge in [0.2, 0.25) is 15.9 Å². The van der Waals surface area contributed by atoms with E-state index in [2.05, 4.69) is 10.0 Å². The highest BCUT2D eigenvalue weighted by atomic mass is 32.2. The second-order valence-electron chi connectivity index (χ2n) is 6.03. The van der Waals surface area contributed by atoms with Gasteiger partial charge in [-0.2, -0.15) is 4.72 Å². The van der Waals surface area contributed by atoms with Crippen LogP contribution in [0.3, 0.4) is 0 Å². The SMILES string of the molecule is CCC[C@@H](NC(=O)[C@H](C)NS(=O)(=O)c1ccccc1F)c1ccccc1. The van der Waals surface area contributed by atoms with Crippen molar-refractivity contribution >= 4 is 15.9 Å². The van der Waals surface area contributed by atoms with Crippen LogP contribution in [0.2, 0.25) is 0 Å². The zero-order valence-corrected chi connectivity index (χ0v) is 15.6. The molecule has 5 nitrogen and oxygen atoms in total. The average molecular weight is 378 g/mol. The molecule has 2 N–H and O–H groups in total. The largest absolute Gasteiger partial charge is 0.348 e. The number of halogens is 1. The maximum Gasteiger partial charge on any atom is 0.244 e. The summed E-state index contributed by atoms with van der Waals surface area (Å²) < 4.78 is 40.6. The second-order valence-corrected chi connectivity index (χ2v) is 7.72. The Balaban J connectivity index is 2.10. The van der Waals surface area contributed by atoms with Gasteiger partial charge in [-0.25, -0.2) is 12.8 Å². The Labute approximate surface area is 153 Å². The number of benzene rings is 2. The summed E-state index contributed by atoms with van der Waals surface area (Å²) in [6.45, 7) is 3.44. The fourth-order valence-electron chi connectivity index (χ4n) is 2.61. The Bertz CT molecular complexity index is 841. The van der Waals surface area contributed by atoms with Crippen molar-refractivity contribution in [1.29, 1.82) is 0 Å². The third-order valence-electron chi connectivity index (χ3n) is 3.95. The van der Waals surface area contributed by atoms with Crippen molar-refractivity contribution in [3.63, 3.8) is 0 Å². The van der Waals surface area contributed by atoms with Gasteiger partial charge in [0.15, 0.2) is 0 Å². The van der Waals surface area contributed by atoms with Crippen molar-refractivity contribution < 1.29 is 17.6 Å². The number of carbonyl (C=O) groups is 1. The summed E-state index contributed by atoms with van der Waals surface area (Å²) >= 11 is 0. The van der Waals surface area contributed by atoms with E-state index in [1.165, 1.54) is 19.1 Å². The summed E-state index contributed by atoms with van der Waals surface area (Å²) in [4.78, 5) is 12.0. The molecule has 0 saturated carbocycles. The fraction of sp³-hybridized carbons (Fsp3) is 0.316. The Morgan fingerprint density at radius 2 is 1.69 bits per heavy atom. The molecule has 2 rings (SSSR count). The quantitative estimate of drug-likeness (QED) is 0.741. The van der Waals surface area contributed by atoms with Gasteiger partial charge in [-0.05, 0) is 31.0 Å². The van der Waals surface area contributed by atoms with Gasteiger partial charge < -0.3 is 5.32 Å². The molecule has 2 aromatic carbocycles. The van der Waals surface area contributed by atoms with Crippen LogP contribution in [0.5, 0.6) is 0 Å². The molecule has 0 aliphatic carbocycles. The Morgan fingerprint density at radius 3 is 2.31 bits per heavy atom. The normalized spacial score (nSPS) is 13.8. The van der Waals surface area contributed by atoms with Crippen molar-refractivity contribution in [3.8, 4) is 0 Å². The molecular weight excluding hydrogens is 355 g/mol. The van der Waals surface area contributed by atoms with Crippen LogP contribution in [0, 0.1) is 5.82 Å². The molecule has 0 radical (unpaired) electrons. The zero-order valence-electron chi connectivity index (χ0n) is 14.8. The number of amides is 1. The zero-order chi connectivity index (χ0) is 19.2. The lowest BCUT2D eigenvalue weighted by Crippen LogP contribution is -2.45. The van der Waals surface area contributed by atoms with Crippen molar-refractivity contribution in [2.24, 2.45) is 0 Å². The first-order chi connectivity index (χ1) is 12.3. The van der Waals surface area contributed by atoms with Gasteiger partial charge in [0, 0.05) is 0 Å². The van der Waals surface area contributed by atoms with Gasteiger partial charge >= 0.3 is 0 Å². The minimum absolute atomic E-state index is 0.214. The van der Waals surface area contributed by atoms with E-state index in [9.17, 15) is 17.6 Å². The molecule has 0 aromatic heterocycles. The number of rotatable bonds is 8. The van der Waals surface area contributed by atoms with Crippen molar-refractivity contribution in [2.75, 3.05) is 0 Å². The van der Waals surface area contributed by atoms with Gasteiger partial charge in [-0.15, -0.1) is 0 Å². The average Bonchev–Trinajstić information content (AvgIpc) is 2.61. The molecule has 2 aromatic rings. The Hall–Kier alpha value is -2.25. The minimum atomic E-state index is -4.13. The number of nitrogens with one attached hydrogen (secondary N) is 2. The smallest absolute Gasteiger partial charge is 0.244 e. The lowest BCUT2D eigenvalue weighted by molar-refractivity contribution is -0.123. The predicted octanol–water partition coefficient (Wildman–Crippen LogP) is 3.15. The molecule has 0 unspecified atom stereocenters. The van der Waals surface area contributed by atoms with Crippen LogP contribution in [-0.4, -0.2) is 20.4 Å². The number of carbonyl (C=O) groups excluding carboxylic acids is 1. The lowest BCUT2D eigenvalue weighted by Gasteiger charge is -2.21. The lowest BCUT2D eigenvalue weighted by atomic mass is 10.0. The van der Waals surface area contributed by atoms with Crippen LogP contribution >= 0.6 is 0 Å². The van der Waals surface area contributed by atoms with E-state index < -0.39 is 32.7 Å². The monoisotopic (exact) mass is 378 g/mol. The Morgan fingerprint density at radius 1 is 1.08 bits per heavy atom. The van der Waals surface area contributed by atoms with Gasteiger partial charge in [0.1, 0.15) is 10.7 Å². The molecule has 2 atom stereocenters. The van der Waals surface area contributed by atoms with Gasteiger partial charge in [0.05, 0.1) is 12.1 Å². The maximum absolute atomic E-state index is 13.7. The fourth-order valence-corrected chi connectivity index (χ4v) is 3.89. The highest BCUT2D eigenvalue weighted by Crippen LogP contribution is 2.19. The highest BCUT2D eigenvalue weighted by molar-refractivity contribution is 7.89. The third kappa shape index (κ3) is 5.12. The molecule has 140 valence electrons. The maximum atomic E-state index is 13.7. The summed E-state index contributed by atoms with van der Waals surface area (Å²) in [6, 6.07) is 13.3. The third-order valence-corrected chi connectivity index (χ3v) is 5.52. The van der Waals surface area contributed by atoms with Crippen LogP contribution in [-0.2, 0) is 14.8 Å². The summed E-state index contributed by atoms with van der Waals surface area (Å²) in [5.41, 5.74) is 0.951. The highest BCUT2D eigenvalue weighted by Gasteiger charge is 2.25. The van der Waals surface area contributed by atoms with Crippen molar-refractivity contribution in [1.82, 2.24) is 10.0 Å². The number of sulfonamides is 1. The molecular formula is C19H23FN2O3S. The van der Waals surface area contributed by atoms with E-state index >= 15 is 0 Å². The van der Waals surface area contributed by atoms with Crippen LogP contribution in [0.25, 0.3) is 0 Å². The van der Waals surface area contributed by atoms with Crippen LogP contribution in [0.1, 0.15) is 38.3 Å². The summed E-state index contributed by atoms with van der Waals surface area (Å²) in [5, 5.41) is 2.86. The Kier molecular flexibility index (Phi) is 6.88.